The van der Waals surface area contributed by atoms with Crippen LogP contribution in [0.3, 0.4) is 0 Å². The van der Waals surface area contributed by atoms with Crippen molar-refractivity contribution in [2.45, 2.75) is 12.1 Å². The van der Waals surface area contributed by atoms with Crippen LogP contribution < -0.4 is 0 Å². The Kier molecular flexibility index (Phi) is 2.98. The highest BCUT2D eigenvalue weighted by molar-refractivity contribution is 5.35. The van der Waals surface area contributed by atoms with Gasteiger partial charge < -0.3 is 0 Å². The lowest BCUT2D eigenvalue weighted by atomic mass is 10.2. The van der Waals surface area contributed by atoms with Crippen molar-refractivity contribution in [2.75, 3.05) is 0 Å². The molecule has 0 heterocycles. The van der Waals surface area contributed by atoms with E-state index in [-0.39, 0.29) is 5.56 Å². The SMILES string of the molecule is FC(F)(F)C(F)(F)C#Cc1ccccc1. The third-order valence-corrected chi connectivity index (χ3v) is 1.49. The van der Waals surface area contributed by atoms with Crippen molar-refractivity contribution < 1.29 is 22.0 Å². The van der Waals surface area contributed by atoms with Crippen molar-refractivity contribution in [1.82, 2.24) is 0 Å². The first-order valence-corrected chi connectivity index (χ1v) is 3.86. The van der Waals surface area contributed by atoms with E-state index in [1.165, 1.54) is 24.3 Å². The fourth-order valence-corrected chi connectivity index (χ4v) is 0.743. The number of rotatable bonds is 0. The maximum Gasteiger partial charge on any atom is 0.466 e. The normalized spacial score (nSPS) is 11.8. The molecule has 0 radical (unpaired) electrons. The predicted molar refractivity (Wildman–Crippen MR) is 44.3 cm³/mol. The topological polar surface area (TPSA) is 0 Å². The molecule has 0 aliphatic carbocycles. The van der Waals surface area contributed by atoms with Gasteiger partial charge in [-0.15, -0.1) is 0 Å². The van der Waals surface area contributed by atoms with E-state index in [0.29, 0.717) is 0 Å². The van der Waals surface area contributed by atoms with Gasteiger partial charge in [0.25, 0.3) is 0 Å². The van der Waals surface area contributed by atoms with Gasteiger partial charge in [0.1, 0.15) is 0 Å². The van der Waals surface area contributed by atoms with E-state index in [4.69, 9.17) is 0 Å². The molecule has 0 nitrogen and oxygen atoms in total. The van der Waals surface area contributed by atoms with Crippen LogP contribution in [0.15, 0.2) is 30.3 Å². The zero-order valence-corrected chi connectivity index (χ0v) is 7.28. The summed E-state index contributed by atoms with van der Waals surface area (Å²) in [7, 11) is 0. The predicted octanol–water partition coefficient (Wildman–Crippen LogP) is 3.24. The summed E-state index contributed by atoms with van der Waals surface area (Å²) < 4.78 is 59.7. The molecule has 1 aromatic carbocycles. The fourth-order valence-electron chi connectivity index (χ4n) is 0.743. The molecule has 15 heavy (non-hydrogen) atoms. The molecule has 0 aliphatic rings. The molecule has 0 N–H and O–H groups in total. The van der Waals surface area contributed by atoms with Gasteiger partial charge in [0.15, 0.2) is 0 Å². The number of benzene rings is 1. The minimum Gasteiger partial charge on any atom is -0.181 e. The molecule has 0 aromatic heterocycles. The van der Waals surface area contributed by atoms with Crippen LogP contribution in [-0.2, 0) is 0 Å². The second-order valence-electron chi connectivity index (χ2n) is 2.69. The molecule has 0 amide bonds. The van der Waals surface area contributed by atoms with E-state index in [1.54, 1.807) is 12.0 Å². The Morgan fingerprint density at radius 1 is 0.867 bits per heavy atom. The van der Waals surface area contributed by atoms with Crippen molar-refractivity contribution in [2.24, 2.45) is 0 Å². The molecule has 0 spiro atoms. The standard InChI is InChI=1S/C10H5F5/c11-9(12,10(13,14)15)7-6-8-4-2-1-3-5-8/h1-5H. The maximum atomic E-state index is 12.3. The molecule has 0 saturated carbocycles. The Morgan fingerprint density at radius 2 is 1.40 bits per heavy atom. The Balaban J connectivity index is 2.92. The Hall–Kier alpha value is -1.57. The molecule has 5 heteroatoms. The van der Waals surface area contributed by atoms with Gasteiger partial charge in [-0.2, -0.15) is 22.0 Å². The summed E-state index contributed by atoms with van der Waals surface area (Å²) in [5.74, 6) is -2.29. The van der Waals surface area contributed by atoms with Crippen LogP contribution in [0.1, 0.15) is 5.56 Å². The van der Waals surface area contributed by atoms with Crippen LogP contribution in [0.4, 0.5) is 22.0 Å². The minimum absolute atomic E-state index is 0.112. The Bertz CT molecular complexity index is 380. The zero-order valence-electron chi connectivity index (χ0n) is 7.28. The summed E-state index contributed by atoms with van der Waals surface area (Å²) in [4.78, 5) is 0. The molecule has 0 fully saturated rings. The summed E-state index contributed by atoms with van der Waals surface area (Å²) >= 11 is 0. The molecule has 0 aliphatic heterocycles. The van der Waals surface area contributed by atoms with Crippen LogP contribution in [0.25, 0.3) is 0 Å². The molecule has 80 valence electrons. The third-order valence-electron chi connectivity index (χ3n) is 1.49. The van der Waals surface area contributed by atoms with Crippen LogP contribution in [0.5, 0.6) is 0 Å². The van der Waals surface area contributed by atoms with Crippen molar-refractivity contribution >= 4 is 0 Å². The average molecular weight is 220 g/mol. The lowest BCUT2D eigenvalue weighted by Crippen LogP contribution is -2.34. The highest BCUT2D eigenvalue weighted by Crippen LogP contribution is 2.34. The fraction of sp³-hybridized carbons (Fsp3) is 0.200. The largest absolute Gasteiger partial charge is 0.466 e. The number of halogens is 5. The summed E-state index contributed by atoms with van der Waals surface area (Å²) in [5.41, 5.74) is 0.112. The number of hydrogen-bond donors (Lipinski definition) is 0. The smallest absolute Gasteiger partial charge is 0.181 e. The van der Waals surface area contributed by atoms with Gasteiger partial charge >= 0.3 is 12.1 Å². The van der Waals surface area contributed by atoms with Crippen molar-refractivity contribution in [1.29, 1.82) is 0 Å². The highest BCUT2D eigenvalue weighted by atomic mass is 19.4. The first-order chi connectivity index (χ1) is 6.83. The summed E-state index contributed by atoms with van der Waals surface area (Å²) in [5, 5.41) is 0. The maximum absolute atomic E-state index is 12.3. The lowest BCUT2D eigenvalue weighted by Gasteiger charge is -2.12. The summed E-state index contributed by atoms with van der Waals surface area (Å²) in [6.45, 7) is 0. The van der Waals surface area contributed by atoms with E-state index < -0.39 is 12.1 Å². The first-order valence-electron chi connectivity index (χ1n) is 3.86. The molecule has 1 aromatic rings. The highest BCUT2D eigenvalue weighted by Gasteiger charge is 2.56. The van der Waals surface area contributed by atoms with Gasteiger partial charge in [-0.25, -0.2) is 0 Å². The molecular formula is C10H5F5. The van der Waals surface area contributed by atoms with Crippen LogP contribution in [0, 0.1) is 11.8 Å². The Morgan fingerprint density at radius 3 is 1.87 bits per heavy atom. The van der Waals surface area contributed by atoms with Gasteiger partial charge in [0.2, 0.25) is 0 Å². The van der Waals surface area contributed by atoms with E-state index in [2.05, 4.69) is 0 Å². The summed E-state index contributed by atoms with van der Waals surface area (Å²) in [6.07, 6.45) is -5.63. The zero-order chi connectivity index (χ0) is 11.5. The quantitative estimate of drug-likeness (QED) is 0.465. The monoisotopic (exact) mass is 220 g/mol. The average Bonchev–Trinajstić information content (AvgIpc) is 2.15. The third kappa shape index (κ3) is 2.94. The lowest BCUT2D eigenvalue weighted by molar-refractivity contribution is -0.254. The molecular weight excluding hydrogens is 215 g/mol. The Labute approximate surface area is 82.7 Å². The second kappa shape index (κ2) is 3.89. The van der Waals surface area contributed by atoms with Crippen molar-refractivity contribution in [3.8, 4) is 11.8 Å². The molecule has 1 rings (SSSR count). The van der Waals surface area contributed by atoms with Crippen LogP contribution in [0.2, 0.25) is 0 Å². The van der Waals surface area contributed by atoms with Crippen LogP contribution in [-0.4, -0.2) is 12.1 Å². The van der Waals surface area contributed by atoms with Gasteiger partial charge in [0, 0.05) is 5.56 Å². The van der Waals surface area contributed by atoms with Crippen molar-refractivity contribution in [3.05, 3.63) is 35.9 Å². The van der Waals surface area contributed by atoms with E-state index >= 15 is 0 Å². The van der Waals surface area contributed by atoms with Crippen LogP contribution >= 0.6 is 0 Å². The van der Waals surface area contributed by atoms with E-state index in [1.807, 2.05) is 0 Å². The summed E-state index contributed by atoms with van der Waals surface area (Å²) in [6, 6.07) is 7.29. The number of hydrogen-bond acceptors (Lipinski definition) is 0. The van der Waals surface area contributed by atoms with Crippen molar-refractivity contribution in [3.63, 3.8) is 0 Å². The number of alkyl halides is 5. The van der Waals surface area contributed by atoms with Gasteiger partial charge in [0.05, 0.1) is 0 Å². The van der Waals surface area contributed by atoms with Gasteiger partial charge in [-0.05, 0) is 18.1 Å². The minimum atomic E-state index is -5.63. The first kappa shape index (κ1) is 11.5. The molecule has 0 atom stereocenters. The molecule has 0 bridgehead atoms. The van der Waals surface area contributed by atoms with Gasteiger partial charge in [-0.3, -0.25) is 0 Å². The van der Waals surface area contributed by atoms with Gasteiger partial charge in [-0.1, -0.05) is 24.1 Å². The van der Waals surface area contributed by atoms with E-state index in [0.717, 1.165) is 5.92 Å². The second-order valence-corrected chi connectivity index (χ2v) is 2.69. The van der Waals surface area contributed by atoms with E-state index in [9.17, 15) is 22.0 Å². The molecule has 0 unspecified atom stereocenters. The molecule has 0 saturated heterocycles.